The molecule has 0 aliphatic heterocycles. The van der Waals surface area contributed by atoms with E-state index in [4.69, 9.17) is 21.2 Å². The number of aromatic amines is 2. The van der Waals surface area contributed by atoms with Crippen molar-refractivity contribution in [1.29, 1.82) is 0 Å². The first kappa shape index (κ1) is 26.6. The highest BCUT2D eigenvalue weighted by molar-refractivity contribution is 5.91. The van der Waals surface area contributed by atoms with Gasteiger partial charge in [-0.1, -0.05) is 36.4 Å². The summed E-state index contributed by atoms with van der Waals surface area (Å²) < 4.78 is 6.06. The molecule has 210 valence electrons. The highest BCUT2D eigenvalue weighted by Gasteiger charge is 2.28. The molecule has 9 heteroatoms. The molecule has 1 amide bonds. The van der Waals surface area contributed by atoms with E-state index in [0.717, 1.165) is 64.9 Å². The second-order valence-electron chi connectivity index (χ2n) is 10.8. The van der Waals surface area contributed by atoms with Gasteiger partial charge in [0, 0.05) is 23.3 Å². The molecule has 0 spiro atoms. The van der Waals surface area contributed by atoms with Crippen molar-refractivity contribution < 1.29 is 9.53 Å². The molecule has 0 saturated heterocycles. The molecule has 0 bridgehead atoms. The summed E-state index contributed by atoms with van der Waals surface area (Å²) in [7, 11) is 0. The Morgan fingerprint density at radius 2 is 1.80 bits per heavy atom. The quantitative estimate of drug-likeness (QED) is 0.164. The molecule has 1 saturated carbocycles. The van der Waals surface area contributed by atoms with Crippen molar-refractivity contribution in [3.05, 3.63) is 90.4 Å². The van der Waals surface area contributed by atoms with E-state index < -0.39 is 0 Å². The predicted octanol–water partition coefficient (Wildman–Crippen LogP) is 5.49. The largest absolute Gasteiger partial charge is 0.457 e. The van der Waals surface area contributed by atoms with Gasteiger partial charge in [-0.3, -0.25) is 9.89 Å². The first-order valence-corrected chi connectivity index (χ1v) is 14.2. The predicted molar refractivity (Wildman–Crippen MR) is 160 cm³/mol. The zero-order valence-corrected chi connectivity index (χ0v) is 22.8. The number of aromatic nitrogens is 4. The van der Waals surface area contributed by atoms with Crippen LogP contribution in [0.5, 0.6) is 11.5 Å². The van der Waals surface area contributed by atoms with Gasteiger partial charge < -0.3 is 26.5 Å². The minimum absolute atomic E-state index is 0.0178. The smallest absolute Gasteiger partial charge is 0.223 e. The summed E-state index contributed by atoms with van der Waals surface area (Å²) in [5, 5.41) is 11.2. The van der Waals surface area contributed by atoms with Crippen molar-refractivity contribution in [2.24, 2.45) is 17.6 Å². The van der Waals surface area contributed by atoms with Crippen molar-refractivity contribution in [2.75, 3.05) is 12.3 Å². The number of carbonyl (C=O) groups is 1. The molecule has 1 fully saturated rings. The van der Waals surface area contributed by atoms with E-state index >= 15 is 0 Å². The Hall–Kier alpha value is -4.63. The SMILES string of the molecule is NCC1CCC(C(=O)NC(Cc2cccc(Oc3ccccc3)c2)c2ncc(-c3ccc4c(N)n[nH]c4c3)[nH]2)CC1. The number of hydrogen-bond donors (Lipinski definition) is 5. The zero-order valence-electron chi connectivity index (χ0n) is 22.8. The Kier molecular flexibility index (Phi) is 7.69. The summed E-state index contributed by atoms with van der Waals surface area (Å²) >= 11 is 0. The summed E-state index contributed by atoms with van der Waals surface area (Å²) in [4.78, 5) is 21.6. The van der Waals surface area contributed by atoms with E-state index in [1.807, 2.05) is 72.8 Å². The lowest BCUT2D eigenvalue weighted by Crippen LogP contribution is -2.37. The van der Waals surface area contributed by atoms with Crippen LogP contribution in [0.15, 0.2) is 79.0 Å². The number of rotatable bonds is 9. The molecule has 1 unspecified atom stereocenters. The lowest BCUT2D eigenvalue weighted by molar-refractivity contribution is -0.127. The van der Waals surface area contributed by atoms with Crippen LogP contribution >= 0.6 is 0 Å². The Morgan fingerprint density at radius 1 is 1.00 bits per heavy atom. The highest BCUT2D eigenvalue weighted by Crippen LogP contribution is 2.31. The Labute approximate surface area is 238 Å². The van der Waals surface area contributed by atoms with Gasteiger partial charge in [0.1, 0.15) is 17.3 Å². The molecule has 1 aliphatic rings. The Balaban J connectivity index is 1.25. The monoisotopic (exact) mass is 549 g/mol. The number of hydrogen-bond acceptors (Lipinski definition) is 6. The second kappa shape index (κ2) is 11.9. The number of nitrogens with zero attached hydrogens (tertiary/aromatic N) is 2. The van der Waals surface area contributed by atoms with Crippen molar-refractivity contribution in [2.45, 2.75) is 38.1 Å². The number of H-pyrrole nitrogens is 2. The zero-order chi connectivity index (χ0) is 28.2. The third kappa shape index (κ3) is 6.10. The van der Waals surface area contributed by atoms with Crippen molar-refractivity contribution in [3.8, 4) is 22.8 Å². The fraction of sp³-hybridized carbons (Fsp3) is 0.281. The summed E-state index contributed by atoms with van der Waals surface area (Å²) in [5.74, 6) is 3.24. The van der Waals surface area contributed by atoms with E-state index in [9.17, 15) is 4.79 Å². The molecule has 7 N–H and O–H groups in total. The molecule has 1 atom stereocenters. The van der Waals surface area contributed by atoms with Gasteiger partial charge in [0.2, 0.25) is 5.91 Å². The van der Waals surface area contributed by atoms with Crippen LogP contribution in [-0.4, -0.2) is 32.6 Å². The molecule has 3 aromatic carbocycles. The molecule has 1 aliphatic carbocycles. The first-order chi connectivity index (χ1) is 20.1. The highest BCUT2D eigenvalue weighted by atomic mass is 16.5. The van der Waals surface area contributed by atoms with Gasteiger partial charge in [-0.2, -0.15) is 5.10 Å². The van der Waals surface area contributed by atoms with Gasteiger partial charge in [-0.05, 0) is 80.1 Å². The summed E-state index contributed by atoms with van der Waals surface area (Å²) in [6.45, 7) is 0.685. The van der Waals surface area contributed by atoms with Gasteiger partial charge in [0.05, 0.1) is 23.4 Å². The van der Waals surface area contributed by atoms with Gasteiger partial charge >= 0.3 is 0 Å². The van der Waals surface area contributed by atoms with Crippen LogP contribution in [0, 0.1) is 11.8 Å². The van der Waals surface area contributed by atoms with Crippen LogP contribution in [0.25, 0.3) is 22.2 Å². The van der Waals surface area contributed by atoms with E-state index in [-0.39, 0.29) is 17.9 Å². The Bertz CT molecular complexity index is 1620. The van der Waals surface area contributed by atoms with Crippen LogP contribution in [0.3, 0.4) is 0 Å². The average molecular weight is 550 g/mol. The molecule has 2 aromatic heterocycles. The number of nitrogens with two attached hydrogens (primary N) is 2. The molecule has 9 nitrogen and oxygen atoms in total. The van der Waals surface area contributed by atoms with Crippen LogP contribution in [-0.2, 0) is 11.2 Å². The number of nitrogen functional groups attached to an aromatic ring is 1. The third-order valence-electron chi connectivity index (χ3n) is 8.01. The van der Waals surface area contributed by atoms with E-state index in [0.29, 0.717) is 30.5 Å². The number of fused-ring (bicyclic) bond motifs is 1. The Morgan fingerprint density at radius 3 is 2.61 bits per heavy atom. The van der Waals surface area contributed by atoms with Crippen LogP contribution in [0.4, 0.5) is 5.82 Å². The second-order valence-corrected chi connectivity index (χ2v) is 10.8. The standard InChI is InChI=1S/C32H35N7O2/c33-18-20-9-11-22(12-10-20)32(40)37-28(16-21-5-4-8-25(15-21)41-24-6-2-1-3-7-24)31-35-19-29(36-31)23-13-14-26-27(17-23)38-39-30(26)34/h1-8,13-15,17,19-20,22,28H,9-12,16,18,33H2,(H,35,36)(H,37,40)(H3,34,38,39). The van der Waals surface area contributed by atoms with Crippen LogP contribution < -0.4 is 21.5 Å². The number of ether oxygens (including phenoxy) is 1. The maximum Gasteiger partial charge on any atom is 0.223 e. The summed E-state index contributed by atoms with van der Waals surface area (Å²) in [6.07, 6.45) is 6.05. The molecule has 0 radical (unpaired) electrons. The summed E-state index contributed by atoms with van der Waals surface area (Å²) in [5.41, 5.74) is 15.5. The van der Waals surface area contributed by atoms with E-state index in [1.54, 1.807) is 6.20 Å². The minimum atomic E-state index is -0.345. The molecular formula is C32H35N7O2. The number of anilines is 1. The van der Waals surface area contributed by atoms with Gasteiger partial charge in [0.25, 0.3) is 0 Å². The normalized spacial score (nSPS) is 17.8. The minimum Gasteiger partial charge on any atom is -0.457 e. The molecule has 6 rings (SSSR count). The molecule has 2 heterocycles. The number of nitrogens with one attached hydrogen (secondary N) is 3. The topological polar surface area (TPSA) is 148 Å². The van der Waals surface area contributed by atoms with Crippen molar-refractivity contribution >= 4 is 22.6 Å². The summed E-state index contributed by atoms with van der Waals surface area (Å²) in [6, 6.07) is 23.2. The molecule has 5 aromatic rings. The maximum atomic E-state index is 13.5. The lowest BCUT2D eigenvalue weighted by atomic mass is 9.81. The van der Waals surface area contributed by atoms with Gasteiger partial charge in [-0.25, -0.2) is 4.98 Å². The number of para-hydroxylation sites is 1. The molecule has 41 heavy (non-hydrogen) atoms. The first-order valence-electron chi connectivity index (χ1n) is 14.2. The molecular weight excluding hydrogens is 514 g/mol. The number of amides is 1. The lowest BCUT2D eigenvalue weighted by Gasteiger charge is -2.28. The fourth-order valence-electron chi connectivity index (χ4n) is 5.63. The number of benzene rings is 3. The van der Waals surface area contributed by atoms with Crippen molar-refractivity contribution in [3.63, 3.8) is 0 Å². The van der Waals surface area contributed by atoms with E-state index in [2.05, 4.69) is 20.5 Å². The van der Waals surface area contributed by atoms with Crippen LogP contribution in [0.1, 0.15) is 43.1 Å². The maximum absolute atomic E-state index is 13.5. The third-order valence-corrected chi connectivity index (χ3v) is 8.01. The van der Waals surface area contributed by atoms with Crippen LogP contribution in [0.2, 0.25) is 0 Å². The van der Waals surface area contributed by atoms with Gasteiger partial charge in [0.15, 0.2) is 5.82 Å². The van der Waals surface area contributed by atoms with Gasteiger partial charge in [-0.15, -0.1) is 0 Å². The van der Waals surface area contributed by atoms with Crippen molar-refractivity contribution in [1.82, 2.24) is 25.5 Å². The fourth-order valence-corrected chi connectivity index (χ4v) is 5.63. The average Bonchev–Trinajstić information content (AvgIpc) is 3.65. The number of carbonyl (C=O) groups excluding carboxylic acids is 1. The van der Waals surface area contributed by atoms with E-state index in [1.165, 1.54) is 0 Å². The number of imidazole rings is 1.